The lowest BCUT2D eigenvalue weighted by atomic mass is 9.92. The minimum Gasteiger partial charge on any atom is -0.380 e. The van der Waals surface area contributed by atoms with Gasteiger partial charge in [-0.1, -0.05) is 24.3 Å². The van der Waals surface area contributed by atoms with Crippen LogP contribution in [0.4, 0.5) is 0 Å². The summed E-state index contributed by atoms with van der Waals surface area (Å²) in [4.78, 5) is 12.3. The van der Waals surface area contributed by atoms with Crippen LogP contribution in [0.1, 0.15) is 29.9 Å². The minimum absolute atomic E-state index is 0.193. The van der Waals surface area contributed by atoms with Gasteiger partial charge in [0.15, 0.2) is 0 Å². The Morgan fingerprint density at radius 2 is 2.19 bits per heavy atom. The molecule has 4 heteroatoms. The number of rotatable bonds is 7. The quantitative estimate of drug-likeness (QED) is 0.746. The molecule has 3 rings (SSSR count). The van der Waals surface area contributed by atoms with Crippen LogP contribution in [0.2, 0.25) is 0 Å². The van der Waals surface area contributed by atoms with Crippen LogP contribution < -0.4 is 11.1 Å². The Kier molecular flexibility index (Phi) is 4.56. The molecule has 0 radical (unpaired) electrons. The highest BCUT2D eigenvalue weighted by molar-refractivity contribution is 5.84. The molecule has 0 saturated heterocycles. The van der Waals surface area contributed by atoms with Crippen molar-refractivity contribution in [3.05, 3.63) is 35.4 Å². The van der Waals surface area contributed by atoms with Gasteiger partial charge in [-0.25, -0.2) is 0 Å². The lowest BCUT2D eigenvalue weighted by Gasteiger charge is -2.13. The molecule has 0 aromatic heterocycles. The van der Waals surface area contributed by atoms with E-state index in [2.05, 4.69) is 29.6 Å². The van der Waals surface area contributed by atoms with Crippen molar-refractivity contribution >= 4 is 5.91 Å². The van der Waals surface area contributed by atoms with Crippen LogP contribution >= 0.6 is 0 Å². The van der Waals surface area contributed by atoms with Gasteiger partial charge in [-0.05, 0) is 42.2 Å². The summed E-state index contributed by atoms with van der Waals surface area (Å²) in [5.41, 5.74) is 8.19. The smallest absolute Gasteiger partial charge is 0.224 e. The number of hydrogen-bond donors (Lipinski definition) is 2. The molecule has 1 aromatic rings. The van der Waals surface area contributed by atoms with Crippen molar-refractivity contribution in [1.29, 1.82) is 0 Å². The molecule has 0 spiro atoms. The highest BCUT2D eigenvalue weighted by Gasteiger charge is 2.56. The number of carbonyl (C=O) groups is 1. The number of carbonyl (C=O) groups excluding carboxylic acids is 1. The van der Waals surface area contributed by atoms with E-state index >= 15 is 0 Å². The summed E-state index contributed by atoms with van der Waals surface area (Å²) in [5, 5.41) is 3.06. The van der Waals surface area contributed by atoms with E-state index in [1.807, 2.05) is 0 Å². The van der Waals surface area contributed by atoms with Gasteiger partial charge in [0.25, 0.3) is 0 Å². The second-order valence-corrected chi connectivity index (χ2v) is 6.00. The van der Waals surface area contributed by atoms with Crippen LogP contribution in [0, 0.1) is 11.8 Å². The van der Waals surface area contributed by atoms with Crippen molar-refractivity contribution in [2.45, 2.75) is 25.2 Å². The van der Waals surface area contributed by atoms with E-state index in [0.29, 0.717) is 38.1 Å². The third-order valence-electron chi connectivity index (χ3n) is 4.66. The van der Waals surface area contributed by atoms with Gasteiger partial charge in [-0.15, -0.1) is 0 Å². The predicted molar refractivity (Wildman–Crippen MR) is 82.0 cm³/mol. The van der Waals surface area contributed by atoms with Crippen LogP contribution in [0.15, 0.2) is 24.3 Å². The van der Waals surface area contributed by atoms with Gasteiger partial charge in [0, 0.05) is 25.6 Å². The van der Waals surface area contributed by atoms with Crippen molar-refractivity contribution < 1.29 is 9.53 Å². The Hall–Kier alpha value is -1.39. The fraction of sp³-hybridized carbons (Fsp3) is 0.588. The molecule has 0 bridgehead atoms. The first kappa shape index (κ1) is 14.5. The summed E-state index contributed by atoms with van der Waals surface area (Å²) in [6.45, 7) is 2.51. The van der Waals surface area contributed by atoms with Crippen molar-refractivity contribution in [3.8, 4) is 0 Å². The van der Waals surface area contributed by atoms with E-state index in [0.717, 1.165) is 19.3 Å². The number of nitrogens with one attached hydrogen (secondary N) is 1. The Balaban J connectivity index is 1.46. The molecule has 0 heterocycles. The molecule has 3 atom stereocenters. The molecule has 114 valence electrons. The van der Waals surface area contributed by atoms with Crippen molar-refractivity contribution in [3.63, 3.8) is 0 Å². The first-order valence-electron chi connectivity index (χ1n) is 7.96. The zero-order chi connectivity index (χ0) is 14.7. The maximum Gasteiger partial charge on any atom is 0.224 e. The average molecular weight is 288 g/mol. The first-order valence-corrected chi connectivity index (χ1v) is 7.96. The number of benzene rings is 1. The predicted octanol–water partition coefficient (Wildman–Crippen LogP) is 1.44. The normalized spacial score (nSPS) is 25.9. The van der Waals surface area contributed by atoms with Crippen LogP contribution in [0.5, 0.6) is 0 Å². The van der Waals surface area contributed by atoms with E-state index in [4.69, 9.17) is 10.5 Å². The molecule has 1 amide bonds. The highest BCUT2D eigenvalue weighted by atomic mass is 16.5. The van der Waals surface area contributed by atoms with Crippen molar-refractivity contribution in [2.24, 2.45) is 17.6 Å². The number of amides is 1. The van der Waals surface area contributed by atoms with Crippen molar-refractivity contribution in [2.75, 3.05) is 26.3 Å². The number of fused-ring (bicyclic) bond motifs is 3. The third kappa shape index (κ3) is 3.11. The van der Waals surface area contributed by atoms with Crippen LogP contribution in [0.3, 0.4) is 0 Å². The van der Waals surface area contributed by atoms with Crippen molar-refractivity contribution in [1.82, 2.24) is 5.32 Å². The van der Waals surface area contributed by atoms with Crippen LogP contribution in [-0.4, -0.2) is 32.2 Å². The summed E-state index contributed by atoms with van der Waals surface area (Å²) in [6, 6.07) is 8.58. The fourth-order valence-electron chi connectivity index (χ4n) is 3.61. The highest BCUT2D eigenvalue weighted by Crippen LogP contribution is 2.59. The average Bonchev–Trinajstić information content (AvgIpc) is 3.25. The first-order chi connectivity index (χ1) is 10.3. The van der Waals surface area contributed by atoms with Gasteiger partial charge < -0.3 is 15.8 Å². The zero-order valence-corrected chi connectivity index (χ0v) is 12.4. The van der Waals surface area contributed by atoms with Gasteiger partial charge in [0.05, 0.1) is 6.61 Å². The maximum absolute atomic E-state index is 12.3. The second kappa shape index (κ2) is 6.58. The summed E-state index contributed by atoms with van der Waals surface area (Å²) in [6.07, 6.45) is 3.12. The molecule has 3 unspecified atom stereocenters. The number of nitrogens with two attached hydrogens (primary N) is 1. The molecular formula is C17H24N2O2. The molecule has 0 aliphatic heterocycles. The molecule has 4 nitrogen and oxygen atoms in total. The molecule has 1 saturated carbocycles. The summed E-state index contributed by atoms with van der Waals surface area (Å²) in [5.74, 6) is 1.44. The Bertz CT molecular complexity index is 503. The zero-order valence-electron chi connectivity index (χ0n) is 12.4. The monoisotopic (exact) mass is 288 g/mol. The fourth-order valence-corrected chi connectivity index (χ4v) is 3.61. The summed E-state index contributed by atoms with van der Waals surface area (Å²) >= 11 is 0. The van der Waals surface area contributed by atoms with Gasteiger partial charge in [0.1, 0.15) is 0 Å². The SMILES string of the molecule is NCCOCCCNC(=O)C1C2CCc3ccccc3C21. The van der Waals surface area contributed by atoms with Crippen LogP contribution in [0.25, 0.3) is 0 Å². The van der Waals surface area contributed by atoms with E-state index in [1.165, 1.54) is 11.1 Å². The molecule has 1 aromatic carbocycles. The molecule has 1 fully saturated rings. The van der Waals surface area contributed by atoms with Gasteiger partial charge in [-0.3, -0.25) is 4.79 Å². The number of ether oxygens (including phenoxy) is 1. The van der Waals surface area contributed by atoms with Gasteiger partial charge >= 0.3 is 0 Å². The van der Waals surface area contributed by atoms with Gasteiger partial charge in [0.2, 0.25) is 5.91 Å². The Labute approximate surface area is 126 Å². The third-order valence-corrected chi connectivity index (χ3v) is 4.66. The number of aryl methyl sites for hydroxylation is 1. The lowest BCUT2D eigenvalue weighted by Crippen LogP contribution is -2.27. The molecular weight excluding hydrogens is 264 g/mol. The molecule has 2 aliphatic rings. The van der Waals surface area contributed by atoms with Gasteiger partial charge in [-0.2, -0.15) is 0 Å². The number of hydrogen-bond acceptors (Lipinski definition) is 3. The minimum atomic E-state index is 0.193. The molecule has 2 aliphatic carbocycles. The maximum atomic E-state index is 12.3. The lowest BCUT2D eigenvalue weighted by molar-refractivity contribution is -0.122. The van der Waals surface area contributed by atoms with E-state index in [9.17, 15) is 4.79 Å². The summed E-state index contributed by atoms with van der Waals surface area (Å²) < 4.78 is 5.31. The summed E-state index contributed by atoms with van der Waals surface area (Å²) in [7, 11) is 0. The topological polar surface area (TPSA) is 64.3 Å². The van der Waals surface area contributed by atoms with E-state index in [1.54, 1.807) is 0 Å². The standard InChI is InChI=1S/C17H24N2O2/c18-8-11-21-10-3-9-19-17(20)16-14-7-6-12-4-1-2-5-13(12)15(14)16/h1-2,4-5,14-16H,3,6-11,18H2,(H,19,20). The van der Waals surface area contributed by atoms with Crippen LogP contribution in [-0.2, 0) is 16.0 Å². The molecule has 3 N–H and O–H groups in total. The van der Waals surface area contributed by atoms with E-state index < -0.39 is 0 Å². The molecule has 21 heavy (non-hydrogen) atoms. The second-order valence-electron chi connectivity index (χ2n) is 6.00. The Morgan fingerprint density at radius 3 is 3.05 bits per heavy atom. The Morgan fingerprint density at radius 1 is 1.33 bits per heavy atom. The largest absolute Gasteiger partial charge is 0.380 e. The van der Waals surface area contributed by atoms with E-state index in [-0.39, 0.29) is 11.8 Å².